The van der Waals surface area contributed by atoms with E-state index in [-0.39, 0.29) is 17.0 Å². The normalized spacial score (nSPS) is 9.94. The van der Waals surface area contributed by atoms with Crippen LogP contribution < -0.4 is 21.5 Å². The second-order valence-corrected chi connectivity index (χ2v) is 4.23. The molecule has 0 fully saturated rings. The third-order valence-corrected chi connectivity index (χ3v) is 2.63. The zero-order valence-electron chi connectivity index (χ0n) is 10.3. The summed E-state index contributed by atoms with van der Waals surface area (Å²) in [5, 5.41) is 8.46. The Morgan fingerprint density at radius 2 is 1.88 bits per heavy atom. The van der Waals surface area contributed by atoms with E-state index < -0.39 is 5.97 Å². The van der Waals surface area contributed by atoms with Crippen molar-refractivity contribution in [3.63, 3.8) is 0 Å². The standard InChI is InChI=1S/C12H20N2O2.BrH/c1-13-9-10-14(11-13)8-6-4-2-3-5-7-12(15)16;/h9-11H,2-8H2,1H3;1H. The number of carbonyl (C=O) groups is 1. The van der Waals surface area contributed by atoms with E-state index in [1.165, 1.54) is 12.8 Å². The molecular formula is C12H21BrN2O2. The molecular weight excluding hydrogens is 284 g/mol. The first-order valence-corrected chi connectivity index (χ1v) is 5.91. The van der Waals surface area contributed by atoms with Crippen LogP contribution in [0.3, 0.4) is 0 Å². The lowest BCUT2D eigenvalue weighted by Crippen LogP contribution is -3.00. The second-order valence-electron chi connectivity index (χ2n) is 4.23. The molecule has 98 valence electrons. The Balaban J connectivity index is 0.00000256. The monoisotopic (exact) mass is 304 g/mol. The number of aliphatic carboxylic acids is 1. The van der Waals surface area contributed by atoms with E-state index in [4.69, 9.17) is 5.11 Å². The van der Waals surface area contributed by atoms with Crippen molar-refractivity contribution in [2.24, 2.45) is 7.05 Å². The number of carboxylic acid groups (broad SMARTS) is 1. The first-order valence-electron chi connectivity index (χ1n) is 5.91. The number of unbranched alkanes of at least 4 members (excludes halogenated alkanes) is 4. The molecule has 0 aliphatic rings. The number of halogens is 1. The maximum atomic E-state index is 10.3. The van der Waals surface area contributed by atoms with Crippen LogP contribution in [0.15, 0.2) is 18.7 Å². The lowest BCUT2D eigenvalue weighted by molar-refractivity contribution is -0.671. The van der Waals surface area contributed by atoms with Crippen LogP contribution in [0, 0.1) is 0 Å². The molecule has 1 rings (SSSR count). The highest BCUT2D eigenvalue weighted by Gasteiger charge is 2.00. The number of hydrogen-bond acceptors (Lipinski definition) is 1. The van der Waals surface area contributed by atoms with E-state index in [2.05, 4.69) is 17.1 Å². The van der Waals surface area contributed by atoms with Crippen LogP contribution in [0.2, 0.25) is 0 Å². The van der Waals surface area contributed by atoms with Crippen molar-refractivity contribution >= 4 is 5.97 Å². The molecule has 0 saturated carbocycles. The van der Waals surface area contributed by atoms with Crippen molar-refractivity contribution in [2.75, 3.05) is 0 Å². The summed E-state index contributed by atoms with van der Waals surface area (Å²) in [4.78, 5) is 10.3. The summed E-state index contributed by atoms with van der Waals surface area (Å²) < 4.78 is 4.21. The van der Waals surface area contributed by atoms with Crippen molar-refractivity contribution < 1.29 is 31.4 Å². The fourth-order valence-corrected chi connectivity index (χ4v) is 1.73. The summed E-state index contributed by atoms with van der Waals surface area (Å²) >= 11 is 0. The number of rotatable bonds is 8. The maximum Gasteiger partial charge on any atom is 0.303 e. The molecule has 0 bridgehead atoms. The van der Waals surface area contributed by atoms with Gasteiger partial charge >= 0.3 is 5.97 Å². The first-order chi connectivity index (χ1) is 7.68. The molecule has 0 radical (unpaired) electrons. The van der Waals surface area contributed by atoms with Crippen LogP contribution in [-0.4, -0.2) is 15.6 Å². The average molecular weight is 305 g/mol. The van der Waals surface area contributed by atoms with E-state index in [9.17, 15) is 4.79 Å². The topological polar surface area (TPSA) is 46.1 Å². The third kappa shape index (κ3) is 7.96. The smallest absolute Gasteiger partial charge is 0.303 e. The number of imidazole rings is 1. The largest absolute Gasteiger partial charge is 1.00 e. The molecule has 0 spiro atoms. The number of aryl methyl sites for hydroxylation is 2. The predicted molar refractivity (Wildman–Crippen MR) is 60.9 cm³/mol. The molecule has 1 heterocycles. The summed E-state index contributed by atoms with van der Waals surface area (Å²) in [5.41, 5.74) is 0. The lowest BCUT2D eigenvalue weighted by atomic mass is 10.1. The van der Waals surface area contributed by atoms with Gasteiger partial charge in [0.15, 0.2) is 0 Å². The van der Waals surface area contributed by atoms with Crippen LogP contribution in [0.25, 0.3) is 0 Å². The van der Waals surface area contributed by atoms with Crippen LogP contribution in [0.5, 0.6) is 0 Å². The molecule has 5 heteroatoms. The van der Waals surface area contributed by atoms with E-state index >= 15 is 0 Å². The minimum absolute atomic E-state index is 0. The van der Waals surface area contributed by atoms with Gasteiger partial charge in [-0.25, -0.2) is 9.13 Å². The molecule has 0 aromatic carbocycles. The number of aromatic nitrogens is 2. The van der Waals surface area contributed by atoms with Gasteiger partial charge in [0, 0.05) is 6.42 Å². The van der Waals surface area contributed by atoms with E-state index in [1.807, 2.05) is 17.8 Å². The Bertz CT molecular complexity index is 326. The maximum absolute atomic E-state index is 10.3. The molecule has 17 heavy (non-hydrogen) atoms. The minimum Gasteiger partial charge on any atom is -1.00 e. The summed E-state index contributed by atoms with van der Waals surface area (Å²) in [6, 6.07) is 0. The molecule has 0 saturated heterocycles. The number of hydrogen-bond donors (Lipinski definition) is 1. The van der Waals surface area contributed by atoms with Gasteiger partial charge in [0.2, 0.25) is 6.33 Å². The van der Waals surface area contributed by atoms with Crippen LogP contribution >= 0.6 is 0 Å². The molecule has 0 atom stereocenters. The Morgan fingerprint density at radius 1 is 1.24 bits per heavy atom. The first kappa shape index (κ1) is 16.2. The van der Waals surface area contributed by atoms with Gasteiger partial charge in [-0.2, -0.15) is 0 Å². The molecule has 0 aliphatic heterocycles. The summed E-state index contributed by atoms with van der Waals surface area (Å²) in [7, 11) is 2.02. The summed E-state index contributed by atoms with van der Waals surface area (Å²) in [6.45, 7) is 1.06. The minimum atomic E-state index is -0.681. The van der Waals surface area contributed by atoms with Gasteiger partial charge < -0.3 is 22.1 Å². The molecule has 0 aliphatic carbocycles. The highest BCUT2D eigenvalue weighted by atomic mass is 79.9. The van der Waals surface area contributed by atoms with Crippen LogP contribution in [0.4, 0.5) is 0 Å². The molecule has 1 N–H and O–H groups in total. The van der Waals surface area contributed by atoms with Gasteiger partial charge in [0.25, 0.3) is 0 Å². The van der Waals surface area contributed by atoms with Gasteiger partial charge in [0.1, 0.15) is 12.4 Å². The quantitative estimate of drug-likeness (QED) is 0.481. The fourth-order valence-electron chi connectivity index (χ4n) is 1.73. The molecule has 1 aromatic heterocycles. The van der Waals surface area contributed by atoms with E-state index in [0.717, 1.165) is 25.8 Å². The van der Waals surface area contributed by atoms with Crippen molar-refractivity contribution in [3.05, 3.63) is 18.7 Å². The second kappa shape index (κ2) is 9.22. The Morgan fingerprint density at radius 3 is 2.47 bits per heavy atom. The van der Waals surface area contributed by atoms with Gasteiger partial charge in [0.05, 0.1) is 13.6 Å². The third-order valence-electron chi connectivity index (χ3n) is 2.63. The van der Waals surface area contributed by atoms with Crippen molar-refractivity contribution in [2.45, 2.75) is 45.1 Å². The van der Waals surface area contributed by atoms with Gasteiger partial charge in [-0.1, -0.05) is 12.8 Å². The van der Waals surface area contributed by atoms with Crippen LogP contribution in [-0.2, 0) is 18.4 Å². The van der Waals surface area contributed by atoms with Crippen molar-refractivity contribution in [1.29, 1.82) is 0 Å². The Hall–Kier alpha value is -0.840. The average Bonchev–Trinajstić information content (AvgIpc) is 2.62. The Labute approximate surface area is 113 Å². The summed E-state index contributed by atoms with van der Waals surface area (Å²) in [5.74, 6) is -0.681. The van der Waals surface area contributed by atoms with Gasteiger partial charge in [-0.3, -0.25) is 4.79 Å². The molecule has 4 nitrogen and oxygen atoms in total. The molecule has 0 unspecified atom stereocenters. The van der Waals surface area contributed by atoms with Crippen molar-refractivity contribution in [1.82, 2.24) is 4.57 Å². The van der Waals surface area contributed by atoms with Gasteiger partial charge in [-0.05, 0) is 19.3 Å². The molecule has 1 aromatic rings. The zero-order chi connectivity index (χ0) is 11.8. The number of nitrogens with zero attached hydrogens (tertiary/aromatic N) is 2. The van der Waals surface area contributed by atoms with E-state index in [1.54, 1.807) is 0 Å². The highest BCUT2D eigenvalue weighted by molar-refractivity contribution is 5.66. The lowest BCUT2D eigenvalue weighted by Gasteiger charge is -1.98. The Kier molecular flexibility index (Phi) is 8.76. The SMILES string of the molecule is C[n+]1ccn(CCCCCCCC(=O)O)c1.[Br-]. The predicted octanol–water partition coefficient (Wildman–Crippen LogP) is -1.26. The summed E-state index contributed by atoms with van der Waals surface area (Å²) in [6.07, 6.45) is 11.8. The molecule has 0 amide bonds. The zero-order valence-corrected chi connectivity index (χ0v) is 11.9. The van der Waals surface area contributed by atoms with Crippen LogP contribution in [0.1, 0.15) is 38.5 Å². The highest BCUT2D eigenvalue weighted by Crippen LogP contribution is 2.06. The van der Waals surface area contributed by atoms with Gasteiger partial charge in [-0.15, -0.1) is 0 Å². The number of carboxylic acids is 1. The fraction of sp³-hybridized carbons (Fsp3) is 0.667. The van der Waals surface area contributed by atoms with Crippen molar-refractivity contribution in [3.8, 4) is 0 Å². The van der Waals surface area contributed by atoms with E-state index in [0.29, 0.717) is 6.42 Å².